The third-order valence-corrected chi connectivity index (χ3v) is 4.84. The Hall–Kier alpha value is -0.370. The SMILES string of the molecule is CSc1nnc(SCc2cnc(Cl)cn2)s1. The lowest BCUT2D eigenvalue weighted by Gasteiger charge is -1.96. The first kappa shape index (κ1) is 12.1. The van der Waals surface area contributed by atoms with Gasteiger partial charge in [-0.05, 0) is 6.26 Å². The normalized spacial score (nSPS) is 10.6. The molecule has 2 aromatic rings. The Morgan fingerprint density at radius 1 is 1.25 bits per heavy atom. The summed E-state index contributed by atoms with van der Waals surface area (Å²) >= 11 is 10.4. The van der Waals surface area contributed by atoms with Crippen LogP contribution < -0.4 is 0 Å². The van der Waals surface area contributed by atoms with Crippen LogP contribution in [0.1, 0.15) is 5.69 Å². The van der Waals surface area contributed by atoms with Crippen molar-refractivity contribution in [3.8, 4) is 0 Å². The van der Waals surface area contributed by atoms with Crippen molar-refractivity contribution >= 4 is 46.5 Å². The van der Waals surface area contributed by atoms with Crippen molar-refractivity contribution in [1.82, 2.24) is 20.2 Å². The summed E-state index contributed by atoms with van der Waals surface area (Å²) in [5.74, 6) is 0.729. The highest BCUT2D eigenvalue weighted by atomic mass is 35.5. The van der Waals surface area contributed by atoms with Gasteiger partial charge in [0.25, 0.3) is 0 Å². The second-order valence-electron chi connectivity index (χ2n) is 2.66. The number of rotatable bonds is 4. The monoisotopic (exact) mass is 290 g/mol. The summed E-state index contributed by atoms with van der Waals surface area (Å²) in [6.07, 6.45) is 5.20. The molecule has 0 radical (unpaired) electrons. The number of hydrogen-bond donors (Lipinski definition) is 0. The number of hydrogen-bond acceptors (Lipinski definition) is 7. The Balaban J connectivity index is 1.94. The van der Waals surface area contributed by atoms with Crippen LogP contribution in [0.5, 0.6) is 0 Å². The number of thioether (sulfide) groups is 2. The predicted molar refractivity (Wildman–Crippen MR) is 68.3 cm³/mol. The molecule has 4 nitrogen and oxygen atoms in total. The highest BCUT2D eigenvalue weighted by molar-refractivity contribution is 8.02. The van der Waals surface area contributed by atoms with Crippen molar-refractivity contribution in [2.75, 3.05) is 6.26 Å². The second-order valence-corrected chi connectivity index (χ2v) is 6.30. The van der Waals surface area contributed by atoms with Crippen molar-refractivity contribution in [1.29, 1.82) is 0 Å². The van der Waals surface area contributed by atoms with Crippen LogP contribution in [0.15, 0.2) is 21.1 Å². The molecule has 0 aromatic carbocycles. The van der Waals surface area contributed by atoms with Crippen LogP contribution in [0.25, 0.3) is 0 Å². The molecular weight excluding hydrogens is 284 g/mol. The van der Waals surface area contributed by atoms with E-state index >= 15 is 0 Å². The summed E-state index contributed by atoms with van der Waals surface area (Å²) in [6, 6.07) is 0. The van der Waals surface area contributed by atoms with E-state index in [1.54, 1.807) is 47.3 Å². The quantitative estimate of drug-likeness (QED) is 0.807. The van der Waals surface area contributed by atoms with E-state index in [9.17, 15) is 0 Å². The third-order valence-electron chi connectivity index (χ3n) is 1.58. The summed E-state index contributed by atoms with van der Waals surface area (Å²) in [5, 5.41) is 8.48. The minimum absolute atomic E-state index is 0.411. The van der Waals surface area contributed by atoms with Crippen LogP contribution in [0.2, 0.25) is 5.15 Å². The lowest BCUT2D eigenvalue weighted by molar-refractivity contribution is 0.954. The summed E-state index contributed by atoms with van der Waals surface area (Å²) in [5.41, 5.74) is 0.885. The van der Waals surface area contributed by atoms with Crippen molar-refractivity contribution in [3.63, 3.8) is 0 Å². The van der Waals surface area contributed by atoms with Gasteiger partial charge in [-0.25, -0.2) is 4.98 Å². The maximum atomic E-state index is 5.65. The summed E-state index contributed by atoms with van der Waals surface area (Å²) < 4.78 is 1.92. The zero-order chi connectivity index (χ0) is 11.4. The molecule has 8 heteroatoms. The van der Waals surface area contributed by atoms with Gasteiger partial charge in [0.2, 0.25) is 0 Å². The van der Waals surface area contributed by atoms with Crippen LogP contribution >= 0.6 is 46.5 Å². The van der Waals surface area contributed by atoms with Gasteiger partial charge in [0.15, 0.2) is 8.68 Å². The van der Waals surface area contributed by atoms with E-state index in [1.807, 2.05) is 6.26 Å². The van der Waals surface area contributed by atoms with Crippen LogP contribution in [0, 0.1) is 0 Å². The molecule has 0 N–H and O–H groups in total. The summed E-state index contributed by atoms with van der Waals surface area (Å²) in [6.45, 7) is 0. The fourth-order valence-electron chi connectivity index (χ4n) is 0.887. The van der Waals surface area contributed by atoms with Crippen molar-refractivity contribution in [2.45, 2.75) is 14.4 Å². The second kappa shape index (κ2) is 5.81. The standard InChI is InChI=1S/C8H7ClN4S3/c1-14-7-12-13-8(16-7)15-4-5-2-11-6(9)3-10-5/h2-3H,4H2,1H3. The fourth-order valence-corrected chi connectivity index (χ4v) is 3.32. The zero-order valence-corrected chi connectivity index (χ0v) is 11.5. The molecule has 0 saturated heterocycles. The molecule has 2 heterocycles. The molecule has 0 spiro atoms. The minimum atomic E-state index is 0.411. The number of nitrogens with zero attached hydrogens (tertiary/aromatic N) is 4. The molecule has 0 aliphatic heterocycles. The molecule has 2 rings (SSSR count). The Morgan fingerprint density at radius 2 is 2.06 bits per heavy atom. The van der Waals surface area contributed by atoms with Gasteiger partial charge in [-0.15, -0.1) is 10.2 Å². The molecule has 0 fully saturated rings. The first-order chi connectivity index (χ1) is 7.78. The van der Waals surface area contributed by atoms with Crippen LogP contribution in [-0.2, 0) is 5.75 Å². The van der Waals surface area contributed by atoms with Crippen molar-refractivity contribution < 1.29 is 0 Å². The molecule has 0 unspecified atom stereocenters. The molecule has 0 bridgehead atoms. The molecule has 0 atom stereocenters. The van der Waals surface area contributed by atoms with Gasteiger partial charge < -0.3 is 0 Å². The van der Waals surface area contributed by atoms with Crippen molar-refractivity contribution in [3.05, 3.63) is 23.2 Å². The van der Waals surface area contributed by atoms with Gasteiger partial charge in [-0.2, -0.15) is 0 Å². The highest BCUT2D eigenvalue weighted by Gasteiger charge is 2.04. The molecule has 0 aliphatic rings. The van der Waals surface area contributed by atoms with Gasteiger partial charge in [-0.3, -0.25) is 4.98 Å². The average Bonchev–Trinajstić information content (AvgIpc) is 2.76. The number of aromatic nitrogens is 4. The first-order valence-corrected chi connectivity index (χ1v) is 7.65. The van der Waals surface area contributed by atoms with Crippen LogP contribution in [0.4, 0.5) is 0 Å². The van der Waals surface area contributed by atoms with Gasteiger partial charge in [0.1, 0.15) is 5.15 Å². The maximum Gasteiger partial charge on any atom is 0.175 e. The molecule has 16 heavy (non-hydrogen) atoms. The first-order valence-electron chi connectivity index (χ1n) is 4.24. The Kier molecular flexibility index (Phi) is 4.39. The Bertz CT molecular complexity index is 459. The number of halogens is 1. The van der Waals surface area contributed by atoms with E-state index in [-0.39, 0.29) is 0 Å². The van der Waals surface area contributed by atoms with E-state index in [0.717, 1.165) is 20.1 Å². The van der Waals surface area contributed by atoms with E-state index in [0.29, 0.717) is 5.15 Å². The molecular formula is C8H7ClN4S3. The Labute approximate surface area is 110 Å². The maximum absolute atomic E-state index is 5.65. The predicted octanol–water partition coefficient (Wildman–Crippen LogP) is 3.00. The van der Waals surface area contributed by atoms with E-state index in [1.165, 1.54) is 0 Å². The van der Waals surface area contributed by atoms with Crippen LogP contribution in [-0.4, -0.2) is 26.4 Å². The van der Waals surface area contributed by atoms with E-state index in [2.05, 4.69) is 20.2 Å². The smallest absolute Gasteiger partial charge is 0.175 e. The van der Waals surface area contributed by atoms with Gasteiger partial charge in [-0.1, -0.05) is 46.5 Å². The molecule has 0 saturated carbocycles. The Morgan fingerprint density at radius 3 is 2.69 bits per heavy atom. The lowest BCUT2D eigenvalue weighted by atomic mass is 10.5. The van der Waals surface area contributed by atoms with E-state index in [4.69, 9.17) is 11.6 Å². The molecule has 2 aromatic heterocycles. The van der Waals surface area contributed by atoms with E-state index < -0.39 is 0 Å². The zero-order valence-electron chi connectivity index (χ0n) is 8.25. The summed E-state index contributed by atoms with van der Waals surface area (Å²) in [7, 11) is 0. The average molecular weight is 291 g/mol. The lowest BCUT2D eigenvalue weighted by Crippen LogP contribution is -1.88. The molecule has 84 valence electrons. The van der Waals surface area contributed by atoms with Gasteiger partial charge in [0, 0.05) is 5.75 Å². The van der Waals surface area contributed by atoms with Crippen LogP contribution in [0.3, 0.4) is 0 Å². The highest BCUT2D eigenvalue weighted by Crippen LogP contribution is 2.28. The van der Waals surface area contributed by atoms with Gasteiger partial charge in [0.05, 0.1) is 18.1 Å². The minimum Gasteiger partial charge on any atom is -0.256 e. The molecule has 0 aliphatic carbocycles. The summed E-state index contributed by atoms with van der Waals surface area (Å²) in [4.78, 5) is 8.12. The van der Waals surface area contributed by atoms with Gasteiger partial charge >= 0.3 is 0 Å². The molecule has 0 amide bonds. The third kappa shape index (κ3) is 3.31. The largest absolute Gasteiger partial charge is 0.256 e. The topological polar surface area (TPSA) is 51.6 Å². The fraction of sp³-hybridized carbons (Fsp3) is 0.250. The van der Waals surface area contributed by atoms with Crippen molar-refractivity contribution in [2.24, 2.45) is 0 Å².